The van der Waals surface area contributed by atoms with Crippen LogP contribution in [0.3, 0.4) is 0 Å². The molecule has 26 heavy (non-hydrogen) atoms. The highest BCUT2D eigenvalue weighted by Crippen LogP contribution is 2.43. The van der Waals surface area contributed by atoms with Gasteiger partial charge in [-0.2, -0.15) is 8.42 Å². The van der Waals surface area contributed by atoms with Gasteiger partial charge in [-0.1, -0.05) is 24.3 Å². The van der Waals surface area contributed by atoms with Crippen molar-refractivity contribution in [3.8, 4) is 11.5 Å². The Morgan fingerprint density at radius 3 is 1.77 bits per heavy atom. The fourth-order valence-corrected chi connectivity index (χ4v) is 3.35. The van der Waals surface area contributed by atoms with E-state index in [0.29, 0.717) is 27.7 Å². The van der Waals surface area contributed by atoms with Crippen molar-refractivity contribution in [1.29, 1.82) is 0 Å². The second-order valence-electron chi connectivity index (χ2n) is 5.53. The molecule has 0 aliphatic rings. The van der Waals surface area contributed by atoms with Gasteiger partial charge in [0.2, 0.25) is 0 Å². The van der Waals surface area contributed by atoms with Crippen LogP contribution in [-0.4, -0.2) is 49.6 Å². The minimum Gasteiger partial charge on any atom is -0.490 e. The number of hydrogen-bond donors (Lipinski definition) is 3. The van der Waals surface area contributed by atoms with Crippen molar-refractivity contribution in [3.05, 3.63) is 42.5 Å². The van der Waals surface area contributed by atoms with Crippen LogP contribution in [0.1, 0.15) is 0 Å². The molecule has 0 heterocycles. The number of aliphatic hydroxyl groups excluding tert-OH is 2. The largest absolute Gasteiger partial charge is 0.490 e. The first-order valence-corrected chi connectivity index (χ1v) is 9.34. The van der Waals surface area contributed by atoms with Crippen LogP contribution in [0, 0.1) is 0 Å². The fourth-order valence-electron chi connectivity index (χ4n) is 2.85. The van der Waals surface area contributed by atoms with Gasteiger partial charge in [0.1, 0.15) is 24.7 Å². The van der Waals surface area contributed by atoms with E-state index in [-0.39, 0.29) is 31.3 Å². The molecule has 3 rings (SSSR count). The standard InChI is InChI=1S/C18H18O7S/c19-7-9-24-17-13-3-1-2-4-14(13)18(25-10-8-20)16-11-12(26(21,22)23)5-6-15(16)17/h1-6,11,19-20H,7-10H2,(H,21,22,23). The van der Waals surface area contributed by atoms with Gasteiger partial charge < -0.3 is 19.7 Å². The molecule has 3 aromatic carbocycles. The Bertz CT molecular complexity index is 1040. The lowest BCUT2D eigenvalue weighted by molar-refractivity contribution is 0.202. The van der Waals surface area contributed by atoms with E-state index >= 15 is 0 Å². The minimum atomic E-state index is -4.40. The van der Waals surface area contributed by atoms with Crippen LogP contribution in [0.4, 0.5) is 0 Å². The van der Waals surface area contributed by atoms with Gasteiger partial charge in [-0.25, -0.2) is 0 Å². The SMILES string of the molecule is O=S(=O)(O)c1ccc2c(OCCO)c3ccccc3c(OCCO)c2c1. The molecule has 3 N–H and O–H groups in total. The van der Waals surface area contributed by atoms with Gasteiger partial charge in [0.25, 0.3) is 10.1 Å². The van der Waals surface area contributed by atoms with E-state index < -0.39 is 10.1 Å². The summed E-state index contributed by atoms with van der Waals surface area (Å²) in [7, 11) is -4.40. The molecule has 0 aliphatic carbocycles. The van der Waals surface area contributed by atoms with Crippen LogP contribution in [0.25, 0.3) is 21.5 Å². The summed E-state index contributed by atoms with van der Waals surface area (Å²) in [6, 6.07) is 11.3. The lowest BCUT2D eigenvalue weighted by Gasteiger charge is -2.17. The first-order chi connectivity index (χ1) is 12.5. The molecule has 0 atom stereocenters. The summed E-state index contributed by atoms with van der Waals surface area (Å²) in [5.41, 5.74) is 0. The third-order valence-electron chi connectivity index (χ3n) is 3.87. The van der Waals surface area contributed by atoms with Crippen LogP contribution < -0.4 is 9.47 Å². The molecule has 0 bridgehead atoms. The van der Waals surface area contributed by atoms with Crippen molar-refractivity contribution in [3.63, 3.8) is 0 Å². The Labute approximate surface area is 150 Å². The molecular weight excluding hydrogens is 360 g/mol. The summed E-state index contributed by atoms with van der Waals surface area (Å²) in [5, 5.41) is 20.6. The average molecular weight is 378 g/mol. The van der Waals surface area contributed by atoms with Crippen LogP contribution in [0.2, 0.25) is 0 Å². The Balaban J connectivity index is 2.40. The quantitative estimate of drug-likeness (QED) is 0.425. The summed E-state index contributed by atoms with van der Waals surface area (Å²) in [6.45, 7) is -0.305. The molecule has 0 saturated heterocycles. The van der Waals surface area contributed by atoms with Gasteiger partial charge in [0.15, 0.2) is 0 Å². The van der Waals surface area contributed by atoms with Gasteiger partial charge in [-0.05, 0) is 18.2 Å². The van der Waals surface area contributed by atoms with Crippen molar-refractivity contribution < 1.29 is 32.7 Å². The van der Waals surface area contributed by atoms with Crippen LogP contribution in [0.15, 0.2) is 47.4 Å². The Morgan fingerprint density at radius 2 is 1.27 bits per heavy atom. The number of benzene rings is 3. The lowest BCUT2D eigenvalue weighted by atomic mass is 10.0. The normalized spacial score (nSPS) is 11.8. The van der Waals surface area contributed by atoms with E-state index in [9.17, 15) is 13.0 Å². The van der Waals surface area contributed by atoms with Crippen molar-refractivity contribution >= 4 is 31.7 Å². The molecule has 0 aliphatic heterocycles. The van der Waals surface area contributed by atoms with Crippen molar-refractivity contribution in [2.75, 3.05) is 26.4 Å². The van der Waals surface area contributed by atoms with E-state index in [4.69, 9.17) is 19.7 Å². The first-order valence-electron chi connectivity index (χ1n) is 7.90. The zero-order valence-electron chi connectivity index (χ0n) is 13.8. The summed E-state index contributed by atoms with van der Waals surface area (Å²) in [5.74, 6) is 0.856. The molecule has 0 amide bonds. The second-order valence-corrected chi connectivity index (χ2v) is 6.95. The van der Waals surface area contributed by atoms with E-state index in [1.54, 1.807) is 12.1 Å². The van der Waals surface area contributed by atoms with E-state index in [0.717, 1.165) is 5.39 Å². The highest BCUT2D eigenvalue weighted by Gasteiger charge is 2.19. The van der Waals surface area contributed by atoms with E-state index in [1.165, 1.54) is 18.2 Å². The molecule has 0 fully saturated rings. The van der Waals surface area contributed by atoms with Crippen molar-refractivity contribution in [2.24, 2.45) is 0 Å². The number of ether oxygens (including phenoxy) is 2. The minimum absolute atomic E-state index is 0.0199. The topological polar surface area (TPSA) is 113 Å². The molecule has 138 valence electrons. The zero-order chi connectivity index (χ0) is 18.7. The zero-order valence-corrected chi connectivity index (χ0v) is 14.6. The highest BCUT2D eigenvalue weighted by molar-refractivity contribution is 7.85. The van der Waals surface area contributed by atoms with E-state index in [1.807, 2.05) is 12.1 Å². The maximum absolute atomic E-state index is 11.5. The van der Waals surface area contributed by atoms with Gasteiger partial charge in [0.05, 0.1) is 18.1 Å². The van der Waals surface area contributed by atoms with Gasteiger partial charge in [-0.15, -0.1) is 0 Å². The fraction of sp³-hybridized carbons (Fsp3) is 0.222. The summed E-state index contributed by atoms with van der Waals surface area (Å²) in [6.07, 6.45) is 0. The summed E-state index contributed by atoms with van der Waals surface area (Å²) < 4.78 is 43.8. The smallest absolute Gasteiger partial charge is 0.294 e. The van der Waals surface area contributed by atoms with Gasteiger partial charge >= 0.3 is 0 Å². The molecule has 7 nitrogen and oxygen atoms in total. The van der Waals surface area contributed by atoms with Crippen molar-refractivity contribution in [2.45, 2.75) is 4.90 Å². The number of hydrogen-bond acceptors (Lipinski definition) is 6. The predicted octanol–water partition coefficient (Wildman–Crippen LogP) is 1.98. The third kappa shape index (κ3) is 3.45. The number of fused-ring (bicyclic) bond motifs is 2. The highest BCUT2D eigenvalue weighted by atomic mass is 32.2. The first kappa shape index (κ1) is 18.4. The number of aliphatic hydroxyl groups is 2. The Morgan fingerprint density at radius 1 is 0.769 bits per heavy atom. The Kier molecular flexibility index (Phi) is 5.28. The van der Waals surface area contributed by atoms with Crippen LogP contribution in [-0.2, 0) is 10.1 Å². The van der Waals surface area contributed by atoms with Crippen LogP contribution >= 0.6 is 0 Å². The predicted molar refractivity (Wildman–Crippen MR) is 96.4 cm³/mol. The monoisotopic (exact) mass is 378 g/mol. The molecule has 0 unspecified atom stereocenters. The molecule has 0 saturated carbocycles. The summed E-state index contributed by atoms with van der Waals surface area (Å²) in [4.78, 5) is -0.276. The summed E-state index contributed by atoms with van der Waals surface area (Å²) >= 11 is 0. The maximum atomic E-state index is 11.5. The molecular formula is C18H18O7S. The number of rotatable bonds is 7. The molecule has 0 aromatic heterocycles. The van der Waals surface area contributed by atoms with Gasteiger partial charge in [0, 0.05) is 21.5 Å². The molecule has 3 aromatic rings. The lowest BCUT2D eigenvalue weighted by Crippen LogP contribution is -2.06. The molecule has 8 heteroatoms. The molecule has 0 spiro atoms. The molecule has 0 radical (unpaired) electrons. The second kappa shape index (κ2) is 7.46. The van der Waals surface area contributed by atoms with Gasteiger partial charge in [-0.3, -0.25) is 4.55 Å². The average Bonchev–Trinajstić information content (AvgIpc) is 2.63. The third-order valence-corrected chi connectivity index (χ3v) is 4.72. The Hall–Kier alpha value is -2.39. The maximum Gasteiger partial charge on any atom is 0.294 e. The van der Waals surface area contributed by atoms with Crippen molar-refractivity contribution in [1.82, 2.24) is 0 Å². The van der Waals surface area contributed by atoms with Crippen LogP contribution in [0.5, 0.6) is 11.5 Å². The van der Waals surface area contributed by atoms with E-state index in [2.05, 4.69) is 0 Å².